The first kappa shape index (κ1) is 9.85. The minimum atomic E-state index is 1.05. The smallest absolute Gasteiger partial charge is 0.00277 e. The van der Waals surface area contributed by atoms with Gasteiger partial charge in [-0.25, -0.2) is 0 Å². The molecule has 0 fully saturated rings. The number of hydrogen-bond acceptors (Lipinski definition) is 1. The molecule has 0 saturated heterocycles. The van der Waals surface area contributed by atoms with Crippen LogP contribution in [0.3, 0.4) is 0 Å². The van der Waals surface area contributed by atoms with Crippen LogP contribution in [0.1, 0.15) is 20.3 Å². The Kier molecular flexibility index (Phi) is 3.56. The average Bonchev–Trinajstić information content (AvgIpc) is 2.25. The van der Waals surface area contributed by atoms with E-state index in [9.17, 15) is 0 Å². The van der Waals surface area contributed by atoms with Crippen LogP contribution in [-0.2, 0) is 0 Å². The van der Waals surface area contributed by atoms with Crippen LogP contribution in [0.2, 0.25) is 0 Å². The van der Waals surface area contributed by atoms with Crippen molar-refractivity contribution < 1.29 is 0 Å². The zero-order valence-electron chi connectivity index (χ0n) is 8.59. The molecule has 1 rings (SSSR count). The summed E-state index contributed by atoms with van der Waals surface area (Å²) in [6.07, 6.45) is 11.8. The SMILES string of the molecule is CN/C=C\C1=CC(C)=CCC=C1C. The van der Waals surface area contributed by atoms with Crippen molar-refractivity contribution in [2.45, 2.75) is 20.3 Å². The molecule has 1 aliphatic carbocycles. The van der Waals surface area contributed by atoms with Crippen LogP contribution in [0.5, 0.6) is 0 Å². The predicted octanol–water partition coefficient (Wildman–Crippen LogP) is 2.94. The van der Waals surface area contributed by atoms with Gasteiger partial charge in [-0.3, -0.25) is 0 Å². The molecule has 0 atom stereocenters. The van der Waals surface area contributed by atoms with Gasteiger partial charge < -0.3 is 5.32 Å². The summed E-state index contributed by atoms with van der Waals surface area (Å²) in [5, 5.41) is 3.00. The topological polar surface area (TPSA) is 12.0 Å². The van der Waals surface area contributed by atoms with Gasteiger partial charge in [-0.15, -0.1) is 0 Å². The number of rotatable bonds is 2. The Labute approximate surface area is 80.5 Å². The highest BCUT2D eigenvalue weighted by Crippen LogP contribution is 2.18. The van der Waals surface area contributed by atoms with E-state index in [0.717, 1.165) is 6.42 Å². The average molecular weight is 175 g/mol. The maximum absolute atomic E-state index is 3.00. The summed E-state index contributed by atoms with van der Waals surface area (Å²) in [6, 6.07) is 0. The molecule has 0 aromatic rings. The zero-order valence-corrected chi connectivity index (χ0v) is 8.59. The standard InChI is InChI=1S/C12H17N/c1-10-5-4-6-11(2)12(9-10)7-8-13-3/h5-9,13H,4H2,1-3H3/b8-7-. The van der Waals surface area contributed by atoms with Gasteiger partial charge in [0.25, 0.3) is 0 Å². The van der Waals surface area contributed by atoms with Crippen molar-refractivity contribution in [3.8, 4) is 0 Å². The molecule has 0 radical (unpaired) electrons. The predicted molar refractivity (Wildman–Crippen MR) is 58.4 cm³/mol. The lowest BCUT2D eigenvalue weighted by Gasteiger charge is -2.00. The Morgan fingerprint density at radius 2 is 2.08 bits per heavy atom. The Hall–Kier alpha value is -1.24. The van der Waals surface area contributed by atoms with Gasteiger partial charge >= 0.3 is 0 Å². The molecule has 0 heterocycles. The van der Waals surface area contributed by atoms with Crippen molar-refractivity contribution in [1.82, 2.24) is 5.32 Å². The fourth-order valence-corrected chi connectivity index (χ4v) is 1.31. The monoisotopic (exact) mass is 175 g/mol. The van der Waals surface area contributed by atoms with Crippen molar-refractivity contribution in [2.24, 2.45) is 0 Å². The van der Waals surface area contributed by atoms with Gasteiger partial charge in [0, 0.05) is 7.05 Å². The van der Waals surface area contributed by atoms with Gasteiger partial charge in [-0.2, -0.15) is 0 Å². The third-order valence-electron chi connectivity index (χ3n) is 2.13. The molecule has 1 aliphatic rings. The van der Waals surface area contributed by atoms with E-state index in [1.54, 1.807) is 0 Å². The van der Waals surface area contributed by atoms with Crippen LogP contribution in [-0.4, -0.2) is 7.05 Å². The fourth-order valence-electron chi connectivity index (χ4n) is 1.31. The second kappa shape index (κ2) is 4.70. The zero-order chi connectivity index (χ0) is 9.68. The van der Waals surface area contributed by atoms with Crippen LogP contribution >= 0.6 is 0 Å². The quantitative estimate of drug-likeness (QED) is 0.680. The Bertz CT molecular complexity index is 290. The van der Waals surface area contributed by atoms with Gasteiger partial charge in [-0.1, -0.05) is 23.8 Å². The molecular weight excluding hydrogens is 158 g/mol. The van der Waals surface area contributed by atoms with Crippen molar-refractivity contribution in [2.75, 3.05) is 7.05 Å². The van der Waals surface area contributed by atoms with E-state index in [-0.39, 0.29) is 0 Å². The lowest BCUT2D eigenvalue weighted by molar-refractivity contribution is 1.10. The molecule has 1 heteroatoms. The minimum Gasteiger partial charge on any atom is -0.394 e. The molecule has 0 aromatic carbocycles. The number of nitrogens with one attached hydrogen (secondary N) is 1. The molecule has 0 spiro atoms. The van der Waals surface area contributed by atoms with Crippen molar-refractivity contribution in [3.63, 3.8) is 0 Å². The molecule has 0 amide bonds. The summed E-state index contributed by atoms with van der Waals surface area (Å²) < 4.78 is 0. The van der Waals surface area contributed by atoms with Gasteiger partial charge in [0.1, 0.15) is 0 Å². The van der Waals surface area contributed by atoms with E-state index in [1.807, 2.05) is 13.2 Å². The molecule has 70 valence electrons. The van der Waals surface area contributed by atoms with Crippen LogP contribution in [0.25, 0.3) is 0 Å². The summed E-state index contributed by atoms with van der Waals surface area (Å²) in [6.45, 7) is 4.29. The fraction of sp³-hybridized carbons (Fsp3) is 0.333. The van der Waals surface area contributed by atoms with Gasteiger partial charge in [0.2, 0.25) is 0 Å². The van der Waals surface area contributed by atoms with Gasteiger partial charge in [0.15, 0.2) is 0 Å². The summed E-state index contributed by atoms with van der Waals surface area (Å²) >= 11 is 0. The molecule has 0 unspecified atom stereocenters. The maximum Gasteiger partial charge on any atom is 0.00277 e. The molecular formula is C12H17N. The Balaban J connectivity index is 2.89. The van der Waals surface area contributed by atoms with E-state index >= 15 is 0 Å². The second-order valence-electron chi connectivity index (χ2n) is 3.29. The molecule has 1 N–H and O–H groups in total. The van der Waals surface area contributed by atoms with E-state index in [4.69, 9.17) is 0 Å². The Morgan fingerprint density at radius 3 is 2.77 bits per heavy atom. The highest BCUT2D eigenvalue weighted by atomic mass is 14.8. The Morgan fingerprint density at radius 1 is 1.31 bits per heavy atom. The maximum atomic E-state index is 3.00. The number of allylic oxidation sites excluding steroid dienone is 7. The van der Waals surface area contributed by atoms with Crippen LogP contribution < -0.4 is 5.32 Å². The first-order valence-corrected chi connectivity index (χ1v) is 4.63. The summed E-state index contributed by atoms with van der Waals surface area (Å²) in [5.41, 5.74) is 3.98. The molecule has 1 nitrogen and oxygen atoms in total. The van der Waals surface area contributed by atoms with Crippen LogP contribution in [0.15, 0.2) is 47.2 Å². The van der Waals surface area contributed by atoms with Crippen LogP contribution in [0, 0.1) is 0 Å². The molecule has 0 saturated carbocycles. The molecule has 0 aliphatic heterocycles. The summed E-state index contributed by atoms with van der Waals surface area (Å²) in [4.78, 5) is 0. The molecule has 13 heavy (non-hydrogen) atoms. The minimum absolute atomic E-state index is 1.05. The molecule has 0 aromatic heterocycles. The van der Waals surface area contributed by atoms with Crippen molar-refractivity contribution in [1.29, 1.82) is 0 Å². The normalized spacial score (nSPS) is 17.6. The second-order valence-corrected chi connectivity index (χ2v) is 3.29. The van der Waals surface area contributed by atoms with Crippen molar-refractivity contribution in [3.05, 3.63) is 47.2 Å². The number of hydrogen-bond donors (Lipinski definition) is 1. The highest BCUT2D eigenvalue weighted by molar-refractivity contribution is 5.44. The summed E-state index contributed by atoms with van der Waals surface area (Å²) in [5.74, 6) is 0. The van der Waals surface area contributed by atoms with Crippen molar-refractivity contribution >= 4 is 0 Å². The van der Waals surface area contributed by atoms with Crippen LogP contribution in [0.4, 0.5) is 0 Å². The third-order valence-corrected chi connectivity index (χ3v) is 2.13. The molecule has 0 bridgehead atoms. The third kappa shape index (κ3) is 2.94. The summed E-state index contributed by atoms with van der Waals surface area (Å²) in [7, 11) is 1.91. The lowest BCUT2D eigenvalue weighted by Crippen LogP contribution is -1.92. The van der Waals surface area contributed by atoms with Gasteiger partial charge in [0.05, 0.1) is 0 Å². The first-order valence-electron chi connectivity index (χ1n) is 4.63. The largest absolute Gasteiger partial charge is 0.394 e. The lowest BCUT2D eigenvalue weighted by atomic mass is 10.1. The van der Waals surface area contributed by atoms with E-state index in [0.29, 0.717) is 0 Å². The first-order chi connectivity index (χ1) is 6.24. The van der Waals surface area contributed by atoms with E-state index < -0.39 is 0 Å². The van der Waals surface area contributed by atoms with E-state index in [2.05, 4.69) is 43.5 Å². The van der Waals surface area contributed by atoms with Gasteiger partial charge in [-0.05, 0) is 43.7 Å². The van der Waals surface area contributed by atoms with E-state index in [1.165, 1.54) is 16.7 Å². The highest BCUT2D eigenvalue weighted by Gasteiger charge is 1.98.